The number of halogens is 3. The predicted molar refractivity (Wildman–Crippen MR) is 105 cm³/mol. The van der Waals surface area contributed by atoms with Crippen molar-refractivity contribution in [2.75, 3.05) is 17.6 Å². The molecule has 4 rings (SSSR count). The predicted octanol–water partition coefficient (Wildman–Crippen LogP) is 4.38. The third kappa shape index (κ3) is 4.48. The van der Waals surface area contributed by atoms with Crippen molar-refractivity contribution in [3.63, 3.8) is 0 Å². The fraction of sp³-hybridized carbons (Fsp3) is 0.238. The second-order valence-electron chi connectivity index (χ2n) is 7.00. The number of nitrogens with one attached hydrogen (secondary N) is 1. The monoisotopic (exact) mass is 399 g/mol. The van der Waals surface area contributed by atoms with Gasteiger partial charge in [0, 0.05) is 30.9 Å². The molecule has 0 fully saturated rings. The van der Waals surface area contributed by atoms with Crippen LogP contribution in [-0.2, 0) is 25.7 Å². The van der Waals surface area contributed by atoms with Crippen LogP contribution in [-0.4, -0.2) is 21.4 Å². The van der Waals surface area contributed by atoms with E-state index in [-0.39, 0.29) is 5.95 Å². The standard InChI is InChI=1S/C21H20F3N5/c22-21(23,24)15-6-8-16(9-7-15)26-19-17-10-11-29(12-14-4-2-1-3-5-14)13-18(17)27-20(25)28-19/h1-9H,10-13H2,(H3,25,26,27,28). The minimum atomic E-state index is -4.36. The lowest BCUT2D eigenvalue weighted by Crippen LogP contribution is -2.31. The number of benzene rings is 2. The number of nitrogens with two attached hydrogens (primary N) is 1. The summed E-state index contributed by atoms with van der Waals surface area (Å²) in [5.41, 5.74) is 8.73. The van der Waals surface area contributed by atoms with Gasteiger partial charge >= 0.3 is 6.18 Å². The summed E-state index contributed by atoms with van der Waals surface area (Å²) < 4.78 is 38.3. The van der Waals surface area contributed by atoms with E-state index in [1.165, 1.54) is 17.7 Å². The van der Waals surface area contributed by atoms with Gasteiger partial charge in [-0.05, 0) is 36.2 Å². The third-order valence-corrected chi connectivity index (χ3v) is 4.89. The number of hydrogen-bond donors (Lipinski definition) is 2. The Morgan fingerprint density at radius 3 is 2.41 bits per heavy atom. The van der Waals surface area contributed by atoms with E-state index in [9.17, 15) is 13.2 Å². The Balaban J connectivity index is 1.53. The fourth-order valence-electron chi connectivity index (χ4n) is 3.46. The fourth-order valence-corrected chi connectivity index (χ4v) is 3.46. The molecule has 2 aromatic carbocycles. The second-order valence-corrected chi connectivity index (χ2v) is 7.00. The lowest BCUT2D eigenvalue weighted by atomic mass is 10.0. The maximum atomic E-state index is 12.8. The van der Waals surface area contributed by atoms with Gasteiger partial charge in [-0.3, -0.25) is 4.90 Å². The number of fused-ring (bicyclic) bond motifs is 1. The largest absolute Gasteiger partial charge is 0.416 e. The molecule has 0 atom stereocenters. The average molecular weight is 399 g/mol. The summed E-state index contributed by atoms with van der Waals surface area (Å²) in [5.74, 6) is 0.686. The molecule has 1 aliphatic rings. The number of anilines is 3. The maximum absolute atomic E-state index is 12.8. The Hall–Kier alpha value is -3.13. The second kappa shape index (κ2) is 7.71. The van der Waals surface area contributed by atoms with Crippen molar-refractivity contribution in [3.05, 3.63) is 77.0 Å². The van der Waals surface area contributed by atoms with Crippen LogP contribution < -0.4 is 11.1 Å². The molecule has 0 bridgehead atoms. The van der Waals surface area contributed by atoms with Gasteiger partial charge in [0.25, 0.3) is 0 Å². The lowest BCUT2D eigenvalue weighted by molar-refractivity contribution is -0.137. The highest BCUT2D eigenvalue weighted by atomic mass is 19.4. The molecular weight excluding hydrogens is 379 g/mol. The van der Waals surface area contributed by atoms with E-state index >= 15 is 0 Å². The first-order valence-corrected chi connectivity index (χ1v) is 9.24. The molecule has 150 valence electrons. The molecule has 0 saturated heterocycles. The van der Waals surface area contributed by atoms with Crippen LogP contribution in [0, 0.1) is 0 Å². The minimum Gasteiger partial charge on any atom is -0.368 e. The molecule has 0 amide bonds. The van der Waals surface area contributed by atoms with Crippen LogP contribution in [0.2, 0.25) is 0 Å². The van der Waals surface area contributed by atoms with E-state index < -0.39 is 11.7 Å². The van der Waals surface area contributed by atoms with Crippen molar-refractivity contribution in [1.29, 1.82) is 0 Å². The molecule has 8 heteroatoms. The lowest BCUT2D eigenvalue weighted by Gasteiger charge is -2.29. The number of nitrogens with zero attached hydrogens (tertiary/aromatic N) is 3. The quantitative estimate of drug-likeness (QED) is 0.682. The summed E-state index contributed by atoms with van der Waals surface area (Å²) in [6.45, 7) is 2.28. The summed E-state index contributed by atoms with van der Waals surface area (Å²) in [5, 5.41) is 3.10. The molecule has 0 unspecified atom stereocenters. The van der Waals surface area contributed by atoms with Gasteiger partial charge in [-0.25, -0.2) is 4.98 Å². The molecule has 0 saturated carbocycles. The Morgan fingerprint density at radius 1 is 1.00 bits per heavy atom. The summed E-state index contributed by atoms with van der Waals surface area (Å²) in [6.07, 6.45) is -3.63. The van der Waals surface area contributed by atoms with Gasteiger partial charge in [0.05, 0.1) is 11.3 Å². The Bertz CT molecular complexity index is 988. The number of alkyl halides is 3. The van der Waals surface area contributed by atoms with Crippen molar-refractivity contribution < 1.29 is 13.2 Å². The zero-order valence-corrected chi connectivity index (χ0v) is 15.6. The molecular formula is C21H20F3N5. The topological polar surface area (TPSA) is 67.1 Å². The van der Waals surface area contributed by atoms with E-state index in [0.717, 1.165) is 42.9 Å². The molecule has 1 aliphatic heterocycles. The first-order valence-electron chi connectivity index (χ1n) is 9.24. The highest BCUT2D eigenvalue weighted by Crippen LogP contribution is 2.31. The van der Waals surface area contributed by atoms with Gasteiger partial charge in [0.15, 0.2) is 0 Å². The molecule has 3 N–H and O–H groups in total. The van der Waals surface area contributed by atoms with Crippen LogP contribution in [0.1, 0.15) is 22.4 Å². The van der Waals surface area contributed by atoms with Crippen molar-refractivity contribution in [2.45, 2.75) is 25.7 Å². The van der Waals surface area contributed by atoms with Crippen LogP contribution in [0.5, 0.6) is 0 Å². The van der Waals surface area contributed by atoms with Crippen LogP contribution in [0.4, 0.5) is 30.6 Å². The number of hydrogen-bond acceptors (Lipinski definition) is 5. The molecule has 1 aromatic heterocycles. The third-order valence-electron chi connectivity index (χ3n) is 4.89. The molecule has 0 radical (unpaired) electrons. The van der Waals surface area contributed by atoms with Crippen molar-refractivity contribution >= 4 is 17.5 Å². The maximum Gasteiger partial charge on any atom is 0.416 e. The smallest absolute Gasteiger partial charge is 0.368 e. The van der Waals surface area contributed by atoms with Crippen molar-refractivity contribution in [2.24, 2.45) is 0 Å². The number of aromatic nitrogens is 2. The van der Waals surface area contributed by atoms with Crippen LogP contribution in [0.3, 0.4) is 0 Å². The first-order chi connectivity index (χ1) is 13.9. The van der Waals surface area contributed by atoms with Gasteiger partial charge in [0.1, 0.15) is 5.82 Å². The van der Waals surface area contributed by atoms with E-state index in [2.05, 4.69) is 32.3 Å². The summed E-state index contributed by atoms with van der Waals surface area (Å²) >= 11 is 0. The van der Waals surface area contributed by atoms with Crippen molar-refractivity contribution in [3.8, 4) is 0 Å². The Kier molecular flexibility index (Phi) is 5.10. The van der Waals surface area contributed by atoms with E-state index in [4.69, 9.17) is 5.73 Å². The van der Waals surface area contributed by atoms with Crippen LogP contribution >= 0.6 is 0 Å². The summed E-state index contributed by atoms with van der Waals surface area (Å²) in [7, 11) is 0. The normalized spacial score (nSPS) is 14.4. The Labute approximate surface area is 166 Å². The van der Waals surface area contributed by atoms with Gasteiger partial charge < -0.3 is 11.1 Å². The molecule has 3 aromatic rings. The molecule has 0 aliphatic carbocycles. The average Bonchev–Trinajstić information content (AvgIpc) is 2.68. The number of rotatable bonds is 4. The minimum absolute atomic E-state index is 0.139. The van der Waals surface area contributed by atoms with E-state index in [1.54, 1.807) is 0 Å². The van der Waals surface area contributed by atoms with Gasteiger partial charge in [-0.15, -0.1) is 0 Å². The van der Waals surface area contributed by atoms with Gasteiger partial charge in [-0.1, -0.05) is 30.3 Å². The van der Waals surface area contributed by atoms with E-state index in [1.807, 2.05) is 18.2 Å². The molecule has 0 spiro atoms. The van der Waals surface area contributed by atoms with Gasteiger partial charge in [-0.2, -0.15) is 18.2 Å². The highest BCUT2D eigenvalue weighted by Gasteiger charge is 2.30. The Morgan fingerprint density at radius 2 is 1.72 bits per heavy atom. The summed E-state index contributed by atoms with van der Waals surface area (Å²) in [6, 6.07) is 15.0. The molecule has 29 heavy (non-hydrogen) atoms. The first kappa shape index (κ1) is 19.2. The van der Waals surface area contributed by atoms with E-state index in [0.29, 0.717) is 18.1 Å². The zero-order valence-electron chi connectivity index (χ0n) is 15.6. The van der Waals surface area contributed by atoms with Crippen molar-refractivity contribution in [1.82, 2.24) is 14.9 Å². The SMILES string of the molecule is Nc1nc2c(c(Nc3ccc(C(F)(F)F)cc3)n1)CCN(Cc1ccccc1)C2. The van der Waals surface area contributed by atoms with Crippen LogP contribution in [0.25, 0.3) is 0 Å². The molecule has 5 nitrogen and oxygen atoms in total. The highest BCUT2D eigenvalue weighted by molar-refractivity contribution is 5.62. The number of nitrogen functional groups attached to an aromatic ring is 1. The summed E-state index contributed by atoms with van der Waals surface area (Å²) in [4.78, 5) is 11.0. The zero-order chi connectivity index (χ0) is 20.4. The van der Waals surface area contributed by atoms with Crippen LogP contribution in [0.15, 0.2) is 54.6 Å². The molecule has 2 heterocycles. The van der Waals surface area contributed by atoms with Gasteiger partial charge in [0.2, 0.25) is 5.95 Å².